The summed E-state index contributed by atoms with van der Waals surface area (Å²) in [6.45, 7) is 3.94. The summed E-state index contributed by atoms with van der Waals surface area (Å²) in [4.78, 5) is 11.5. The second-order valence-electron chi connectivity index (χ2n) is 5.35. The molecule has 1 aliphatic rings. The molecule has 2 rings (SSSR count). The van der Waals surface area contributed by atoms with Crippen molar-refractivity contribution in [2.24, 2.45) is 0 Å². The Bertz CT molecular complexity index is 512. The predicted octanol–water partition coefficient (Wildman–Crippen LogP) is 2.44. The molecule has 1 aliphatic carbocycles. The lowest BCUT2D eigenvalue weighted by atomic mass is 9.91. The number of nitrogens with zero attached hydrogens (tertiary/aromatic N) is 1. The number of hydrogen-bond acceptors (Lipinski definition) is 2. The summed E-state index contributed by atoms with van der Waals surface area (Å²) in [7, 11) is 0. The highest BCUT2D eigenvalue weighted by Crippen LogP contribution is 2.28. The Hall–Kier alpha value is -1.82. The largest absolute Gasteiger partial charge is 0.346 e. The molecule has 0 spiro atoms. The van der Waals surface area contributed by atoms with Crippen molar-refractivity contribution in [2.45, 2.75) is 45.1 Å². The Morgan fingerprint density at radius 2 is 2.11 bits per heavy atom. The van der Waals surface area contributed by atoms with Crippen LogP contribution >= 0.6 is 0 Å². The first-order chi connectivity index (χ1) is 8.53. The number of amides is 1. The highest BCUT2D eigenvalue weighted by molar-refractivity contribution is 5.79. The highest BCUT2D eigenvalue weighted by atomic mass is 16.1. The molecule has 3 nitrogen and oxygen atoms in total. The van der Waals surface area contributed by atoms with Gasteiger partial charge in [0.25, 0.3) is 0 Å². The van der Waals surface area contributed by atoms with Gasteiger partial charge in [-0.1, -0.05) is 18.2 Å². The first-order valence-corrected chi connectivity index (χ1v) is 6.33. The fourth-order valence-corrected chi connectivity index (χ4v) is 2.50. The molecule has 0 radical (unpaired) electrons. The second kappa shape index (κ2) is 4.81. The minimum atomic E-state index is -0.425. The molecule has 0 fully saturated rings. The van der Waals surface area contributed by atoms with Gasteiger partial charge in [-0.15, -0.1) is 0 Å². The molecule has 0 saturated heterocycles. The van der Waals surface area contributed by atoms with E-state index in [0.717, 1.165) is 18.4 Å². The van der Waals surface area contributed by atoms with Crippen molar-refractivity contribution in [3.63, 3.8) is 0 Å². The summed E-state index contributed by atoms with van der Waals surface area (Å²) in [5, 5.41) is 11.4. The minimum Gasteiger partial charge on any atom is -0.346 e. The molecule has 0 heterocycles. The monoisotopic (exact) mass is 242 g/mol. The number of carbonyl (C=O) groups excluding carboxylic acids is 1. The molecular weight excluding hydrogens is 224 g/mol. The highest BCUT2D eigenvalue weighted by Gasteiger charge is 2.24. The van der Waals surface area contributed by atoms with Gasteiger partial charge >= 0.3 is 0 Å². The predicted molar refractivity (Wildman–Crippen MR) is 69.9 cm³/mol. The minimum absolute atomic E-state index is 0.0889. The zero-order chi connectivity index (χ0) is 13.2. The molecule has 1 amide bonds. The van der Waals surface area contributed by atoms with Gasteiger partial charge in [-0.25, -0.2) is 0 Å². The molecule has 0 saturated carbocycles. The molecule has 0 unspecified atom stereocenters. The standard InChI is InChI=1S/C15H18N2O/c1-15(2,17-14(18)8-9-16)13-7-6-11-4-3-5-12(11)10-13/h6-7,10H,3-5,8H2,1-2H3,(H,17,18). The third kappa shape index (κ3) is 2.53. The number of benzene rings is 1. The lowest BCUT2D eigenvalue weighted by molar-refractivity contribution is -0.121. The van der Waals surface area contributed by atoms with E-state index in [0.29, 0.717) is 0 Å². The number of nitriles is 1. The van der Waals surface area contributed by atoms with E-state index < -0.39 is 5.54 Å². The fraction of sp³-hybridized carbons (Fsp3) is 0.467. The first-order valence-electron chi connectivity index (χ1n) is 6.33. The van der Waals surface area contributed by atoms with Crippen molar-refractivity contribution in [1.29, 1.82) is 5.26 Å². The number of rotatable bonds is 3. The van der Waals surface area contributed by atoms with Gasteiger partial charge in [-0.3, -0.25) is 4.79 Å². The number of fused-ring (bicyclic) bond motifs is 1. The number of nitrogens with one attached hydrogen (secondary N) is 1. The van der Waals surface area contributed by atoms with Gasteiger partial charge in [0.05, 0.1) is 11.6 Å². The topological polar surface area (TPSA) is 52.9 Å². The third-order valence-corrected chi connectivity index (χ3v) is 3.51. The smallest absolute Gasteiger partial charge is 0.234 e. The van der Waals surface area contributed by atoms with E-state index in [1.165, 1.54) is 17.5 Å². The van der Waals surface area contributed by atoms with E-state index >= 15 is 0 Å². The zero-order valence-corrected chi connectivity index (χ0v) is 10.9. The second-order valence-corrected chi connectivity index (χ2v) is 5.35. The van der Waals surface area contributed by atoms with Gasteiger partial charge in [0, 0.05) is 0 Å². The lowest BCUT2D eigenvalue weighted by Gasteiger charge is -2.27. The van der Waals surface area contributed by atoms with Gasteiger partial charge in [-0.2, -0.15) is 5.26 Å². The summed E-state index contributed by atoms with van der Waals surface area (Å²) in [6, 6.07) is 8.30. The van der Waals surface area contributed by atoms with Crippen LogP contribution in [0.25, 0.3) is 0 Å². The van der Waals surface area contributed by atoms with Crippen molar-refractivity contribution in [3.05, 3.63) is 34.9 Å². The van der Waals surface area contributed by atoms with Gasteiger partial charge < -0.3 is 5.32 Å². The van der Waals surface area contributed by atoms with Crippen molar-refractivity contribution >= 4 is 5.91 Å². The summed E-state index contributed by atoms with van der Waals surface area (Å²) in [5.74, 6) is -0.219. The Kier molecular flexibility index (Phi) is 3.38. The molecule has 0 bridgehead atoms. The van der Waals surface area contributed by atoms with Crippen molar-refractivity contribution in [3.8, 4) is 6.07 Å². The molecule has 0 aliphatic heterocycles. The Labute approximate surface area is 108 Å². The quantitative estimate of drug-likeness (QED) is 0.885. The maximum Gasteiger partial charge on any atom is 0.234 e. The molecule has 1 aromatic carbocycles. The average Bonchev–Trinajstić information content (AvgIpc) is 2.75. The van der Waals surface area contributed by atoms with Crippen LogP contribution in [0.4, 0.5) is 0 Å². The van der Waals surface area contributed by atoms with E-state index in [1.54, 1.807) is 0 Å². The lowest BCUT2D eigenvalue weighted by Crippen LogP contribution is -2.40. The Morgan fingerprint density at radius 1 is 1.39 bits per heavy atom. The van der Waals surface area contributed by atoms with Gasteiger partial charge in [0.1, 0.15) is 6.42 Å². The molecule has 3 heteroatoms. The van der Waals surface area contributed by atoms with Crippen LogP contribution in [0.3, 0.4) is 0 Å². The van der Waals surface area contributed by atoms with Crippen LogP contribution in [0.5, 0.6) is 0 Å². The third-order valence-electron chi connectivity index (χ3n) is 3.51. The van der Waals surface area contributed by atoms with Gasteiger partial charge in [-0.05, 0) is 49.8 Å². The van der Waals surface area contributed by atoms with E-state index in [-0.39, 0.29) is 12.3 Å². The normalized spacial score (nSPS) is 13.8. The van der Waals surface area contributed by atoms with Gasteiger partial charge in [0.15, 0.2) is 0 Å². The number of carbonyl (C=O) groups is 1. The zero-order valence-electron chi connectivity index (χ0n) is 10.9. The van der Waals surface area contributed by atoms with Crippen LogP contribution in [0, 0.1) is 11.3 Å². The molecule has 0 atom stereocenters. The van der Waals surface area contributed by atoms with Crippen LogP contribution in [0.2, 0.25) is 0 Å². The fourth-order valence-electron chi connectivity index (χ4n) is 2.50. The van der Waals surface area contributed by atoms with Crippen LogP contribution in [0.15, 0.2) is 18.2 Å². The van der Waals surface area contributed by atoms with Gasteiger partial charge in [0.2, 0.25) is 5.91 Å². The van der Waals surface area contributed by atoms with Crippen molar-refractivity contribution in [1.82, 2.24) is 5.32 Å². The number of aryl methyl sites for hydroxylation is 2. The summed E-state index contributed by atoms with van der Waals surface area (Å²) in [5.41, 5.74) is 3.51. The number of hydrogen-bond donors (Lipinski definition) is 1. The van der Waals surface area contributed by atoms with Crippen LogP contribution in [-0.2, 0) is 23.2 Å². The van der Waals surface area contributed by atoms with Crippen molar-refractivity contribution in [2.75, 3.05) is 0 Å². The maximum atomic E-state index is 11.5. The van der Waals surface area contributed by atoms with Crippen LogP contribution < -0.4 is 5.32 Å². The van der Waals surface area contributed by atoms with E-state index in [1.807, 2.05) is 19.9 Å². The summed E-state index contributed by atoms with van der Waals surface area (Å²) >= 11 is 0. The van der Waals surface area contributed by atoms with Crippen LogP contribution in [-0.4, -0.2) is 5.91 Å². The molecule has 94 valence electrons. The SMILES string of the molecule is CC(C)(NC(=O)CC#N)c1ccc2c(c1)CCC2. The first kappa shape index (κ1) is 12.6. The van der Waals surface area contributed by atoms with E-state index in [4.69, 9.17) is 5.26 Å². The van der Waals surface area contributed by atoms with E-state index in [2.05, 4.69) is 23.5 Å². The summed E-state index contributed by atoms with van der Waals surface area (Å²) < 4.78 is 0. The molecule has 0 aromatic heterocycles. The average molecular weight is 242 g/mol. The molecular formula is C15H18N2O. The molecule has 1 aromatic rings. The molecule has 18 heavy (non-hydrogen) atoms. The maximum absolute atomic E-state index is 11.5. The molecule has 1 N–H and O–H groups in total. The van der Waals surface area contributed by atoms with Crippen LogP contribution in [0.1, 0.15) is 43.4 Å². The van der Waals surface area contributed by atoms with Crippen molar-refractivity contribution < 1.29 is 4.79 Å². The van der Waals surface area contributed by atoms with E-state index in [9.17, 15) is 4.79 Å². The Balaban J connectivity index is 2.19. The summed E-state index contributed by atoms with van der Waals surface area (Å²) in [6.07, 6.45) is 3.43. The Morgan fingerprint density at radius 3 is 2.83 bits per heavy atom.